The maximum atomic E-state index is 6.62. The normalized spacial score (nSPS) is 20.2. The third kappa shape index (κ3) is 6.42. The number of benzene rings is 1. The molecule has 2 saturated carbocycles. The van der Waals surface area contributed by atoms with Gasteiger partial charge >= 0.3 is 6.92 Å². The highest BCUT2D eigenvalue weighted by Crippen LogP contribution is 2.42. The summed E-state index contributed by atoms with van der Waals surface area (Å²) in [7, 11) is 0. The first-order valence-electron chi connectivity index (χ1n) is 11.2. The van der Waals surface area contributed by atoms with Gasteiger partial charge in [0.1, 0.15) is 0 Å². The van der Waals surface area contributed by atoms with Gasteiger partial charge in [-0.1, -0.05) is 108 Å². The van der Waals surface area contributed by atoms with Crippen molar-refractivity contribution in [2.75, 3.05) is 6.61 Å². The molecule has 0 saturated heterocycles. The molecule has 0 spiro atoms. The van der Waals surface area contributed by atoms with Gasteiger partial charge in [0.05, 0.1) is 19.0 Å². The van der Waals surface area contributed by atoms with Crippen LogP contribution in [0.1, 0.15) is 76.7 Å². The lowest BCUT2D eigenvalue weighted by atomic mass is 9.41. The Hall–Kier alpha value is -1.22. The van der Waals surface area contributed by atoms with Crippen molar-refractivity contribution in [3.05, 3.63) is 48.2 Å². The Bertz CT molecular complexity index is 529. The van der Waals surface area contributed by atoms with Crippen molar-refractivity contribution in [2.45, 2.75) is 89.4 Å². The van der Waals surface area contributed by atoms with Gasteiger partial charge in [-0.3, -0.25) is 0 Å². The average Bonchev–Trinajstić information content (AvgIpc) is 2.74. The quantitative estimate of drug-likeness (QED) is 0.344. The molecule has 2 aliphatic rings. The summed E-state index contributed by atoms with van der Waals surface area (Å²) in [6.07, 6.45) is 13.7. The lowest BCUT2D eigenvalue weighted by Crippen LogP contribution is -2.34. The van der Waals surface area contributed by atoms with Crippen molar-refractivity contribution < 1.29 is 9.39 Å². The van der Waals surface area contributed by atoms with Crippen LogP contribution >= 0.6 is 0 Å². The zero-order valence-electron chi connectivity index (χ0n) is 17.2. The smallest absolute Gasteiger partial charge is 0.363 e. The zero-order valence-corrected chi connectivity index (χ0v) is 17.2. The van der Waals surface area contributed by atoms with Gasteiger partial charge in [0, 0.05) is 5.92 Å². The molecule has 2 fully saturated rings. The lowest BCUT2D eigenvalue weighted by Gasteiger charge is -2.36. The minimum absolute atomic E-state index is 0.239. The van der Waals surface area contributed by atoms with E-state index in [1.807, 2.05) is 6.07 Å². The van der Waals surface area contributed by atoms with Crippen LogP contribution in [0.5, 0.6) is 0 Å². The van der Waals surface area contributed by atoms with Gasteiger partial charge in [-0.2, -0.15) is 0 Å². The second-order valence-electron chi connectivity index (χ2n) is 8.75. The number of ether oxygens (including phenoxy) is 1. The van der Waals surface area contributed by atoms with E-state index in [1.54, 1.807) is 0 Å². The fourth-order valence-electron chi connectivity index (χ4n) is 4.81. The molecule has 27 heavy (non-hydrogen) atoms. The molecule has 0 bridgehead atoms. The van der Waals surface area contributed by atoms with E-state index in [1.165, 1.54) is 69.8 Å². The van der Waals surface area contributed by atoms with E-state index in [4.69, 9.17) is 9.39 Å². The molecule has 0 amide bonds. The minimum Gasteiger partial charge on any atom is -0.563 e. The summed E-state index contributed by atoms with van der Waals surface area (Å²) in [5.41, 5.74) is 1.22. The van der Waals surface area contributed by atoms with Crippen LogP contribution in [-0.4, -0.2) is 13.5 Å². The van der Waals surface area contributed by atoms with Crippen LogP contribution in [0.4, 0.5) is 0 Å². The standard InChI is InChI=1S/C24H37BO2/c1-20(18-26-19-22-12-6-3-7-13-22)21(2)27-25(23-14-8-4-9-15-23)24-16-10-5-11-17-24/h3,6-7,12-13,20,23-24H,2,4-5,8-11,14-19H2,1H3/t20-/m0/s1. The highest BCUT2D eigenvalue weighted by atomic mass is 16.5. The van der Waals surface area contributed by atoms with Crippen molar-refractivity contribution >= 4 is 6.92 Å². The number of rotatable bonds is 9. The summed E-state index contributed by atoms with van der Waals surface area (Å²) in [5, 5.41) is 0. The first-order chi connectivity index (χ1) is 13.2. The summed E-state index contributed by atoms with van der Waals surface area (Å²) in [6.45, 7) is 8.21. The van der Waals surface area contributed by atoms with Crippen LogP contribution < -0.4 is 0 Å². The van der Waals surface area contributed by atoms with Crippen molar-refractivity contribution in [3.8, 4) is 0 Å². The van der Waals surface area contributed by atoms with Crippen molar-refractivity contribution in [1.82, 2.24) is 0 Å². The Balaban J connectivity index is 1.51. The van der Waals surface area contributed by atoms with Gasteiger partial charge in [-0.15, -0.1) is 0 Å². The first-order valence-corrected chi connectivity index (χ1v) is 11.2. The fraction of sp³-hybridized carbons (Fsp3) is 0.667. The predicted octanol–water partition coefficient (Wildman–Crippen LogP) is 7.03. The summed E-state index contributed by atoms with van der Waals surface area (Å²) in [5.74, 6) is 2.64. The zero-order chi connectivity index (χ0) is 18.9. The molecule has 3 heteroatoms. The van der Waals surface area contributed by atoms with E-state index in [2.05, 4.69) is 37.8 Å². The highest BCUT2D eigenvalue weighted by Gasteiger charge is 2.38. The van der Waals surface area contributed by atoms with Crippen molar-refractivity contribution in [1.29, 1.82) is 0 Å². The van der Waals surface area contributed by atoms with Crippen LogP contribution in [0, 0.1) is 5.92 Å². The molecular formula is C24H37BO2. The van der Waals surface area contributed by atoms with Crippen LogP contribution in [0.2, 0.25) is 11.6 Å². The minimum atomic E-state index is 0.239. The van der Waals surface area contributed by atoms with Crippen molar-refractivity contribution in [2.24, 2.45) is 5.92 Å². The molecule has 2 nitrogen and oxygen atoms in total. The van der Waals surface area contributed by atoms with Crippen LogP contribution in [0.15, 0.2) is 42.7 Å². The van der Waals surface area contributed by atoms with Crippen molar-refractivity contribution in [3.63, 3.8) is 0 Å². The SMILES string of the molecule is C=C(OB(C1CCCCC1)C1CCCCC1)[C@@H](C)COCc1ccccc1. The van der Waals surface area contributed by atoms with Gasteiger partial charge in [-0.05, 0) is 17.2 Å². The Kier molecular flexibility index (Phi) is 8.32. The molecule has 1 aromatic rings. The molecule has 1 aromatic carbocycles. The maximum Gasteiger partial charge on any atom is 0.363 e. The summed E-state index contributed by atoms with van der Waals surface area (Å²) < 4.78 is 12.6. The van der Waals surface area contributed by atoms with Crippen LogP contribution in [-0.2, 0) is 16.0 Å². The van der Waals surface area contributed by atoms with Gasteiger partial charge in [0.15, 0.2) is 0 Å². The van der Waals surface area contributed by atoms with Gasteiger partial charge in [-0.25, -0.2) is 0 Å². The monoisotopic (exact) mass is 368 g/mol. The highest BCUT2D eigenvalue weighted by molar-refractivity contribution is 6.55. The lowest BCUT2D eigenvalue weighted by molar-refractivity contribution is 0.0905. The summed E-state index contributed by atoms with van der Waals surface area (Å²) >= 11 is 0. The maximum absolute atomic E-state index is 6.62. The molecule has 2 aliphatic carbocycles. The second kappa shape index (κ2) is 10.9. The topological polar surface area (TPSA) is 18.5 Å². The Labute approximate surface area is 166 Å². The Morgan fingerprint density at radius 3 is 2.07 bits per heavy atom. The number of hydrogen-bond donors (Lipinski definition) is 0. The second-order valence-corrected chi connectivity index (χ2v) is 8.75. The fourth-order valence-corrected chi connectivity index (χ4v) is 4.81. The molecule has 0 unspecified atom stereocenters. The van der Waals surface area contributed by atoms with E-state index < -0.39 is 0 Å². The van der Waals surface area contributed by atoms with Crippen LogP contribution in [0.25, 0.3) is 0 Å². The molecule has 0 heterocycles. The largest absolute Gasteiger partial charge is 0.563 e. The molecule has 0 N–H and O–H groups in total. The predicted molar refractivity (Wildman–Crippen MR) is 115 cm³/mol. The van der Waals surface area contributed by atoms with Crippen LogP contribution in [0.3, 0.4) is 0 Å². The molecule has 3 rings (SSSR count). The third-order valence-electron chi connectivity index (χ3n) is 6.55. The third-order valence-corrected chi connectivity index (χ3v) is 6.55. The molecular weight excluding hydrogens is 331 g/mol. The Morgan fingerprint density at radius 2 is 1.52 bits per heavy atom. The van der Waals surface area contributed by atoms with Gasteiger partial charge in [0.2, 0.25) is 0 Å². The van der Waals surface area contributed by atoms with Gasteiger partial charge in [0.25, 0.3) is 0 Å². The molecule has 1 atom stereocenters. The molecule has 148 valence electrons. The average molecular weight is 368 g/mol. The molecule has 0 aromatic heterocycles. The van der Waals surface area contributed by atoms with E-state index >= 15 is 0 Å². The van der Waals surface area contributed by atoms with E-state index in [0.717, 1.165) is 17.4 Å². The first kappa shape index (κ1) is 20.5. The van der Waals surface area contributed by atoms with Gasteiger partial charge < -0.3 is 9.39 Å². The van der Waals surface area contributed by atoms with E-state index in [9.17, 15) is 0 Å². The van der Waals surface area contributed by atoms with E-state index in [-0.39, 0.29) is 5.92 Å². The van der Waals surface area contributed by atoms with E-state index in [0.29, 0.717) is 20.1 Å². The Morgan fingerprint density at radius 1 is 0.963 bits per heavy atom. The summed E-state index contributed by atoms with van der Waals surface area (Å²) in [4.78, 5) is 0. The number of hydrogen-bond acceptors (Lipinski definition) is 2. The summed E-state index contributed by atoms with van der Waals surface area (Å²) in [6, 6.07) is 10.4. The molecule has 0 aliphatic heterocycles. The molecule has 0 radical (unpaired) electrons.